The third kappa shape index (κ3) is 4.71. The van der Waals surface area contributed by atoms with Gasteiger partial charge < -0.3 is 10.4 Å². The van der Waals surface area contributed by atoms with E-state index >= 15 is 0 Å². The molecule has 0 fully saturated rings. The van der Waals surface area contributed by atoms with Gasteiger partial charge in [0, 0.05) is 12.0 Å². The lowest BCUT2D eigenvalue weighted by molar-refractivity contribution is -0.140. The van der Waals surface area contributed by atoms with Crippen molar-refractivity contribution in [3.63, 3.8) is 0 Å². The second-order valence-electron chi connectivity index (χ2n) is 3.16. The Morgan fingerprint density at radius 1 is 1.33 bits per heavy atom. The van der Waals surface area contributed by atoms with Gasteiger partial charge in [0.1, 0.15) is 0 Å². The lowest BCUT2D eigenvalue weighted by atomic mass is 10.1. The molecule has 0 radical (unpaired) electrons. The molecule has 12 heavy (non-hydrogen) atoms. The van der Waals surface area contributed by atoms with Crippen LogP contribution >= 0.6 is 0 Å². The van der Waals surface area contributed by atoms with Crippen LogP contribution in [0.25, 0.3) is 0 Å². The molecular formula is C8H15NO3. The maximum atomic E-state index is 11.1. The first-order valence-electron chi connectivity index (χ1n) is 3.95. The number of nitrogens with one attached hydrogen (secondary N) is 1. The predicted octanol–water partition coefficient (Wildman–Crippen LogP) is 0.622. The highest BCUT2D eigenvalue weighted by molar-refractivity contribution is 5.82. The van der Waals surface area contributed by atoms with Gasteiger partial charge in [0.2, 0.25) is 5.91 Å². The first-order valence-corrected chi connectivity index (χ1v) is 3.95. The van der Waals surface area contributed by atoms with Gasteiger partial charge in [-0.3, -0.25) is 9.59 Å². The largest absolute Gasteiger partial charge is 0.481 e. The van der Waals surface area contributed by atoms with Crippen LogP contribution in [0.2, 0.25) is 0 Å². The molecule has 0 saturated heterocycles. The molecule has 2 N–H and O–H groups in total. The minimum absolute atomic E-state index is 0.0637. The summed E-state index contributed by atoms with van der Waals surface area (Å²) in [4.78, 5) is 21.3. The summed E-state index contributed by atoms with van der Waals surface area (Å²) >= 11 is 0. The summed E-state index contributed by atoms with van der Waals surface area (Å²) in [7, 11) is 0. The van der Waals surface area contributed by atoms with Gasteiger partial charge in [0.25, 0.3) is 0 Å². The van der Waals surface area contributed by atoms with Gasteiger partial charge in [-0.15, -0.1) is 0 Å². The number of carbonyl (C=O) groups excluding carboxylic acids is 1. The van der Waals surface area contributed by atoms with Gasteiger partial charge in [-0.25, -0.2) is 0 Å². The van der Waals surface area contributed by atoms with Crippen molar-refractivity contribution in [2.75, 3.05) is 0 Å². The van der Waals surface area contributed by atoms with Crippen molar-refractivity contribution in [1.29, 1.82) is 0 Å². The number of carboxylic acid groups (broad SMARTS) is 1. The van der Waals surface area contributed by atoms with Crippen molar-refractivity contribution in [3.8, 4) is 0 Å². The van der Waals surface area contributed by atoms with Crippen LogP contribution in [0.4, 0.5) is 0 Å². The van der Waals surface area contributed by atoms with Gasteiger partial charge in [0.05, 0.1) is 6.42 Å². The molecule has 0 bridgehead atoms. The molecule has 0 rings (SSSR count). The number of carbonyl (C=O) groups is 2. The first kappa shape index (κ1) is 10.9. The van der Waals surface area contributed by atoms with E-state index in [1.807, 2.05) is 13.8 Å². The molecule has 0 spiro atoms. The number of carboxylic acids is 1. The Balaban J connectivity index is 3.85. The Bertz CT molecular complexity index is 177. The molecular weight excluding hydrogens is 158 g/mol. The predicted molar refractivity (Wildman–Crippen MR) is 44.7 cm³/mol. The van der Waals surface area contributed by atoms with E-state index in [9.17, 15) is 9.59 Å². The van der Waals surface area contributed by atoms with Gasteiger partial charge in [-0.2, -0.15) is 0 Å². The number of hydrogen-bond donors (Lipinski definition) is 2. The lowest BCUT2D eigenvalue weighted by Gasteiger charge is -2.12. The number of rotatable bonds is 4. The molecule has 0 aromatic carbocycles. The van der Waals surface area contributed by atoms with Gasteiger partial charge in [-0.1, -0.05) is 6.92 Å². The molecule has 0 aromatic rings. The van der Waals surface area contributed by atoms with E-state index in [0.717, 1.165) is 0 Å². The summed E-state index contributed by atoms with van der Waals surface area (Å²) in [6, 6.07) is 0.0637. The fourth-order valence-electron chi connectivity index (χ4n) is 0.781. The third-order valence-electron chi connectivity index (χ3n) is 1.36. The minimum Gasteiger partial charge on any atom is -0.481 e. The highest BCUT2D eigenvalue weighted by Crippen LogP contribution is 2.01. The molecule has 0 saturated carbocycles. The van der Waals surface area contributed by atoms with Gasteiger partial charge in [0.15, 0.2) is 0 Å². The summed E-state index contributed by atoms with van der Waals surface area (Å²) in [6.45, 7) is 5.28. The van der Waals surface area contributed by atoms with E-state index in [2.05, 4.69) is 5.32 Å². The van der Waals surface area contributed by atoms with Crippen LogP contribution in [0.15, 0.2) is 0 Å². The second kappa shape index (κ2) is 4.74. The summed E-state index contributed by atoms with van der Waals surface area (Å²) in [6.07, 6.45) is -0.113. The van der Waals surface area contributed by atoms with Crippen molar-refractivity contribution in [2.45, 2.75) is 33.2 Å². The number of aliphatic carboxylic acids is 1. The Morgan fingerprint density at radius 2 is 1.83 bits per heavy atom. The van der Waals surface area contributed by atoms with Gasteiger partial charge in [-0.05, 0) is 13.8 Å². The number of amides is 1. The zero-order chi connectivity index (χ0) is 9.72. The molecule has 4 heteroatoms. The maximum absolute atomic E-state index is 11.1. The van der Waals surface area contributed by atoms with Crippen LogP contribution in [0, 0.1) is 5.92 Å². The molecule has 0 aliphatic carbocycles. The first-order chi connectivity index (χ1) is 5.43. The quantitative estimate of drug-likeness (QED) is 0.655. The monoisotopic (exact) mass is 173 g/mol. The van der Waals surface area contributed by atoms with Crippen molar-refractivity contribution in [2.24, 2.45) is 5.92 Å². The minimum atomic E-state index is -0.943. The average Bonchev–Trinajstić information content (AvgIpc) is 1.84. The third-order valence-corrected chi connectivity index (χ3v) is 1.36. The van der Waals surface area contributed by atoms with Crippen molar-refractivity contribution in [1.82, 2.24) is 5.32 Å². The van der Waals surface area contributed by atoms with Crippen molar-refractivity contribution < 1.29 is 14.7 Å². The molecule has 70 valence electrons. The fourth-order valence-corrected chi connectivity index (χ4v) is 0.781. The molecule has 1 atom stereocenters. The van der Waals surface area contributed by atoms with Crippen molar-refractivity contribution >= 4 is 11.9 Å². The second-order valence-corrected chi connectivity index (χ2v) is 3.16. The highest BCUT2D eigenvalue weighted by Gasteiger charge is 2.16. The van der Waals surface area contributed by atoms with E-state index in [-0.39, 0.29) is 18.4 Å². The molecule has 0 heterocycles. The normalized spacial score (nSPS) is 12.7. The SMILES string of the molecule is CC(C)NC(=O)[C@@H](C)CC(=O)O. The summed E-state index contributed by atoms with van der Waals surface area (Å²) in [5.41, 5.74) is 0. The zero-order valence-corrected chi connectivity index (χ0v) is 7.63. The van der Waals surface area contributed by atoms with Crippen molar-refractivity contribution in [3.05, 3.63) is 0 Å². The van der Waals surface area contributed by atoms with Crippen LogP contribution in [0.3, 0.4) is 0 Å². The topological polar surface area (TPSA) is 66.4 Å². The fraction of sp³-hybridized carbons (Fsp3) is 0.750. The number of hydrogen-bond acceptors (Lipinski definition) is 2. The lowest BCUT2D eigenvalue weighted by Crippen LogP contribution is -2.35. The Labute approximate surface area is 72.0 Å². The molecule has 0 aromatic heterocycles. The zero-order valence-electron chi connectivity index (χ0n) is 7.63. The van der Waals surface area contributed by atoms with E-state index in [4.69, 9.17) is 5.11 Å². The highest BCUT2D eigenvalue weighted by atomic mass is 16.4. The standard InChI is InChI=1S/C8H15NO3/c1-5(2)9-8(12)6(3)4-7(10)11/h5-6H,4H2,1-3H3,(H,9,12)(H,10,11)/t6-/m0/s1. The van der Waals surface area contributed by atoms with Crippen LogP contribution < -0.4 is 5.32 Å². The average molecular weight is 173 g/mol. The molecule has 0 unspecified atom stereocenters. The van der Waals surface area contributed by atoms with Crippen LogP contribution in [0.1, 0.15) is 27.2 Å². The summed E-state index contributed by atoms with van der Waals surface area (Å²) in [5, 5.41) is 11.0. The maximum Gasteiger partial charge on any atom is 0.304 e. The molecule has 0 aliphatic rings. The molecule has 4 nitrogen and oxygen atoms in total. The Morgan fingerprint density at radius 3 is 2.17 bits per heavy atom. The summed E-state index contributed by atoms with van der Waals surface area (Å²) < 4.78 is 0. The van der Waals surface area contributed by atoms with E-state index in [1.165, 1.54) is 0 Å². The van der Waals surface area contributed by atoms with Crippen LogP contribution in [-0.2, 0) is 9.59 Å². The molecule has 0 aliphatic heterocycles. The van der Waals surface area contributed by atoms with Crippen LogP contribution in [0.5, 0.6) is 0 Å². The van der Waals surface area contributed by atoms with Gasteiger partial charge >= 0.3 is 5.97 Å². The Kier molecular flexibility index (Phi) is 4.33. The summed E-state index contributed by atoms with van der Waals surface area (Å²) in [5.74, 6) is -1.60. The van der Waals surface area contributed by atoms with Crippen LogP contribution in [-0.4, -0.2) is 23.0 Å². The van der Waals surface area contributed by atoms with E-state index in [0.29, 0.717) is 0 Å². The van der Waals surface area contributed by atoms with E-state index in [1.54, 1.807) is 6.92 Å². The molecule has 1 amide bonds. The Hall–Kier alpha value is -1.06. The van der Waals surface area contributed by atoms with E-state index < -0.39 is 11.9 Å². The smallest absolute Gasteiger partial charge is 0.304 e.